The molecule has 0 saturated heterocycles. The van der Waals surface area contributed by atoms with Gasteiger partial charge in [-0.15, -0.1) is 0 Å². The summed E-state index contributed by atoms with van der Waals surface area (Å²) in [6.45, 7) is 0.0683. The van der Waals surface area contributed by atoms with Crippen LogP contribution in [-0.2, 0) is 4.79 Å². The van der Waals surface area contributed by atoms with Crippen LogP contribution in [0.2, 0.25) is 0 Å². The third-order valence-electron chi connectivity index (χ3n) is 2.67. The van der Waals surface area contributed by atoms with Crippen LogP contribution in [0.25, 0.3) is 0 Å². The minimum Gasteiger partial charge on any atom is -0.481 e. The van der Waals surface area contributed by atoms with Gasteiger partial charge in [0.15, 0.2) is 0 Å². The molecular formula is C14H14N4O3. The quantitative estimate of drug-likeness (QED) is 0.876. The maximum atomic E-state index is 12.3. The molecule has 0 aliphatic rings. The van der Waals surface area contributed by atoms with Gasteiger partial charge >= 0.3 is 12.0 Å². The molecule has 7 heteroatoms. The topological polar surface area (TPSA) is 95.4 Å². The number of hydrogen-bond donors (Lipinski definition) is 2. The van der Waals surface area contributed by atoms with Crippen molar-refractivity contribution in [3.63, 3.8) is 0 Å². The van der Waals surface area contributed by atoms with Crippen LogP contribution in [-0.4, -0.2) is 33.6 Å². The molecule has 0 aliphatic heterocycles. The van der Waals surface area contributed by atoms with Gasteiger partial charge in [0.05, 0.1) is 24.5 Å². The number of amides is 2. The minimum absolute atomic E-state index is 0.0683. The fraction of sp³-hybridized carbons (Fsp3) is 0.143. The molecule has 0 radical (unpaired) electrons. The van der Waals surface area contributed by atoms with Crippen molar-refractivity contribution >= 4 is 23.4 Å². The summed E-state index contributed by atoms with van der Waals surface area (Å²) in [5, 5.41) is 11.4. The van der Waals surface area contributed by atoms with Crippen molar-refractivity contribution in [2.75, 3.05) is 16.8 Å². The highest BCUT2D eigenvalue weighted by atomic mass is 16.4. The molecule has 1 heterocycles. The number of benzene rings is 1. The number of carbonyl (C=O) groups excluding carboxylic acids is 1. The fourth-order valence-electron chi connectivity index (χ4n) is 1.72. The van der Waals surface area contributed by atoms with E-state index in [0.717, 1.165) is 0 Å². The van der Waals surface area contributed by atoms with Gasteiger partial charge in [0, 0.05) is 12.2 Å². The van der Waals surface area contributed by atoms with Crippen molar-refractivity contribution < 1.29 is 14.7 Å². The molecule has 0 bridgehead atoms. The fourth-order valence-corrected chi connectivity index (χ4v) is 1.72. The van der Waals surface area contributed by atoms with Crippen molar-refractivity contribution in [2.24, 2.45) is 0 Å². The number of carbonyl (C=O) groups is 2. The van der Waals surface area contributed by atoms with Gasteiger partial charge in [-0.05, 0) is 12.1 Å². The van der Waals surface area contributed by atoms with Crippen LogP contribution in [0.3, 0.4) is 0 Å². The highest BCUT2D eigenvalue weighted by Crippen LogP contribution is 2.15. The van der Waals surface area contributed by atoms with Gasteiger partial charge in [0.1, 0.15) is 6.33 Å². The van der Waals surface area contributed by atoms with Gasteiger partial charge in [0.2, 0.25) is 0 Å². The van der Waals surface area contributed by atoms with Crippen LogP contribution >= 0.6 is 0 Å². The summed E-state index contributed by atoms with van der Waals surface area (Å²) in [4.78, 5) is 32.0. The summed E-state index contributed by atoms with van der Waals surface area (Å²) in [6.07, 6.45) is 4.14. The number of nitrogens with one attached hydrogen (secondary N) is 1. The number of anilines is 2. The standard InChI is InChI=1S/C14H14N4O3/c19-13(20)6-7-18(12-4-2-1-3-5-12)14(21)17-11-8-15-10-16-9-11/h1-5,8-10H,6-7H2,(H,17,21)(H,19,20). The Morgan fingerprint density at radius 2 is 1.81 bits per heavy atom. The Labute approximate surface area is 121 Å². The minimum atomic E-state index is -0.966. The van der Waals surface area contributed by atoms with E-state index in [2.05, 4.69) is 15.3 Å². The lowest BCUT2D eigenvalue weighted by Gasteiger charge is -2.22. The highest BCUT2D eigenvalue weighted by molar-refractivity contribution is 6.01. The van der Waals surface area contributed by atoms with Crippen molar-refractivity contribution in [3.8, 4) is 0 Å². The Morgan fingerprint density at radius 1 is 1.14 bits per heavy atom. The van der Waals surface area contributed by atoms with Crippen LogP contribution in [0, 0.1) is 0 Å². The van der Waals surface area contributed by atoms with Crippen molar-refractivity contribution in [2.45, 2.75) is 6.42 Å². The smallest absolute Gasteiger partial charge is 0.326 e. The lowest BCUT2D eigenvalue weighted by Crippen LogP contribution is -2.36. The summed E-state index contributed by atoms with van der Waals surface area (Å²) in [7, 11) is 0. The van der Waals surface area contributed by atoms with Crippen molar-refractivity contribution in [3.05, 3.63) is 49.1 Å². The zero-order valence-corrected chi connectivity index (χ0v) is 11.1. The van der Waals surface area contributed by atoms with Gasteiger partial charge in [0.25, 0.3) is 0 Å². The summed E-state index contributed by atoms with van der Waals surface area (Å²) in [6, 6.07) is 8.43. The Morgan fingerprint density at radius 3 is 2.43 bits per heavy atom. The predicted octanol–water partition coefficient (Wildman–Crippen LogP) is 1.99. The van der Waals surface area contributed by atoms with Gasteiger partial charge in [-0.2, -0.15) is 0 Å². The molecule has 1 aromatic heterocycles. The first kappa shape index (κ1) is 14.4. The molecule has 7 nitrogen and oxygen atoms in total. The first-order valence-electron chi connectivity index (χ1n) is 6.27. The SMILES string of the molecule is O=C(O)CCN(C(=O)Nc1cncnc1)c1ccccc1. The van der Waals surface area contributed by atoms with Gasteiger partial charge < -0.3 is 10.4 Å². The van der Waals surface area contributed by atoms with Gasteiger partial charge in [-0.25, -0.2) is 14.8 Å². The molecule has 0 atom stereocenters. The normalized spacial score (nSPS) is 9.90. The van der Waals surface area contributed by atoms with E-state index in [9.17, 15) is 9.59 Å². The molecule has 21 heavy (non-hydrogen) atoms. The number of nitrogens with zero attached hydrogens (tertiary/aromatic N) is 3. The number of para-hydroxylation sites is 1. The summed E-state index contributed by atoms with van der Waals surface area (Å²) in [5.41, 5.74) is 1.06. The number of rotatable bonds is 5. The lowest BCUT2D eigenvalue weighted by atomic mass is 10.2. The van der Waals surface area contributed by atoms with E-state index in [4.69, 9.17) is 5.11 Å². The monoisotopic (exact) mass is 286 g/mol. The van der Waals surface area contributed by atoms with Crippen LogP contribution in [0.5, 0.6) is 0 Å². The third kappa shape index (κ3) is 4.27. The molecule has 0 spiro atoms. The number of aliphatic carboxylic acids is 1. The Kier molecular flexibility index (Phi) is 4.81. The Bertz CT molecular complexity index is 604. The number of hydrogen-bond acceptors (Lipinski definition) is 4. The second kappa shape index (κ2) is 6.99. The zero-order valence-electron chi connectivity index (χ0n) is 11.1. The Hall–Kier alpha value is -2.96. The molecule has 108 valence electrons. The summed E-state index contributed by atoms with van der Waals surface area (Å²) in [5.74, 6) is -0.966. The predicted molar refractivity (Wildman–Crippen MR) is 77.1 cm³/mol. The number of carboxylic acids is 1. The lowest BCUT2D eigenvalue weighted by molar-refractivity contribution is -0.136. The van der Waals surface area contributed by atoms with Gasteiger partial charge in [-0.1, -0.05) is 18.2 Å². The molecule has 0 saturated carbocycles. The number of aromatic nitrogens is 2. The average molecular weight is 286 g/mol. The molecule has 0 fully saturated rings. The van der Waals surface area contributed by atoms with E-state index in [1.54, 1.807) is 24.3 Å². The van der Waals surface area contributed by atoms with Gasteiger partial charge in [-0.3, -0.25) is 9.69 Å². The molecule has 0 aliphatic carbocycles. The van der Waals surface area contributed by atoms with E-state index in [1.165, 1.54) is 23.6 Å². The number of carboxylic acid groups (broad SMARTS) is 1. The van der Waals surface area contributed by atoms with Crippen LogP contribution in [0.4, 0.5) is 16.2 Å². The molecule has 2 amide bonds. The summed E-state index contributed by atoms with van der Waals surface area (Å²) >= 11 is 0. The molecular weight excluding hydrogens is 272 g/mol. The van der Waals surface area contributed by atoms with E-state index < -0.39 is 12.0 Å². The maximum Gasteiger partial charge on any atom is 0.326 e. The van der Waals surface area contributed by atoms with E-state index in [-0.39, 0.29) is 13.0 Å². The second-order valence-corrected chi connectivity index (χ2v) is 4.19. The molecule has 1 aromatic carbocycles. The molecule has 2 aromatic rings. The zero-order chi connectivity index (χ0) is 15.1. The Balaban J connectivity index is 2.14. The maximum absolute atomic E-state index is 12.3. The number of urea groups is 1. The van der Waals surface area contributed by atoms with E-state index in [0.29, 0.717) is 11.4 Å². The molecule has 2 rings (SSSR count). The molecule has 2 N–H and O–H groups in total. The van der Waals surface area contributed by atoms with Crippen molar-refractivity contribution in [1.82, 2.24) is 9.97 Å². The van der Waals surface area contributed by atoms with Crippen LogP contribution < -0.4 is 10.2 Å². The molecule has 0 unspecified atom stereocenters. The van der Waals surface area contributed by atoms with E-state index >= 15 is 0 Å². The first-order valence-corrected chi connectivity index (χ1v) is 6.27. The third-order valence-corrected chi connectivity index (χ3v) is 2.67. The van der Waals surface area contributed by atoms with Crippen LogP contribution in [0.1, 0.15) is 6.42 Å². The second-order valence-electron chi connectivity index (χ2n) is 4.19. The summed E-state index contributed by atoms with van der Waals surface area (Å²) < 4.78 is 0. The first-order chi connectivity index (χ1) is 10.2. The largest absolute Gasteiger partial charge is 0.481 e. The highest BCUT2D eigenvalue weighted by Gasteiger charge is 2.17. The average Bonchev–Trinajstić information content (AvgIpc) is 2.49. The van der Waals surface area contributed by atoms with Crippen molar-refractivity contribution in [1.29, 1.82) is 0 Å². The van der Waals surface area contributed by atoms with Crippen LogP contribution in [0.15, 0.2) is 49.1 Å². The van der Waals surface area contributed by atoms with E-state index in [1.807, 2.05) is 6.07 Å².